The van der Waals surface area contributed by atoms with Crippen molar-refractivity contribution < 1.29 is 9.53 Å². The predicted octanol–water partition coefficient (Wildman–Crippen LogP) is 3.33. The maximum absolute atomic E-state index is 11.9. The van der Waals surface area contributed by atoms with Gasteiger partial charge in [0.25, 0.3) is 5.91 Å². The van der Waals surface area contributed by atoms with E-state index in [9.17, 15) is 4.79 Å². The molecule has 1 N–H and O–H groups in total. The molecule has 1 amide bonds. The Morgan fingerprint density at radius 2 is 2.24 bits per heavy atom. The summed E-state index contributed by atoms with van der Waals surface area (Å²) in [5.41, 5.74) is 1.15. The van der Waals surface area contributed by atoms with Gasteiger partial charge < -0.3 is 10.1 Å². The third kappa shape index (κ3) is 2.84. The molecule has 0 radical (unpaired) electrons. The molecular formula is C15H11ClN2O2S. The molecule has 0 fully saturated rings. The fourth-order valence-electron chi connectivity index (χ4n) is 1.93. The van der Waals surface area contributed by atoms with E-state index in [0.717, 1.165) is 10.4 Å². The number of hydrogen-bond donors (Lipinski definition) is 1. The second kappa shape index (κ2) is 5.71. The lowest BCUT2D eigenvalue weighted by Gasteiger charge is -2.03. The number of methoxy groups -OCH3 is 1. The van der Waals surface area contributed by atoms with E-state index in [2.05, 4.69) is 10.3 Å². The van der Waals surface area contributed by atoms with Gasteiger partial charge in [-0.2, -0.15) is 0 Å². The summed E-state index contributed by atoms with van der Waals surface area (Å²) in [7, 11) is 1.56. The van der Waals surface area contributed by atoms with E-state index < -0.39 is 0 Å². The Labute approximate surface area is 130 Å². The fraction of sp³-hybridized carbons (Fsp3) is 0.0667. The first-order chi connectivity index (χ1) is 10.2. The van der Waals surface area contributed by atoms with Crippen LogP contribution >= 0.6 is 22.9 Å². The first-order valence-electron chi connectivity index (χ1n) is 6.16. The number of carbonyl (C=O) groups is 1. The van der Waals surface area contributed by atoms with E-state index in [1.165, 1.54) is 11.3 Å². The number of thiophene rings is 1. The van der Waals surface area contributed by atoms with Crippen molar-refractivity contribution >= 4 is 40.8 Å². The standard InChI is InChI=1S/C15H11ClN2O2S/c1-20-12-5-4-9(7-10(12)16)8-11-15(19)18-14(17-11)13-3-2-6-21-13/h2-8H,1H3,(H,17,18,19)/b11-8+. The molecule has 0 bridgehead atoms. The lowest BCUT2D eigenvalue weighted by Crippen LogP contribution is -2.23. The van der Waals surface area contributed by atoms with Crippen LogP contribution in [-0.4, -0.2) is 18.9 Å². The molecule has 106 valence electrons. The lowest BCUT2D eigenvalue weighted by molar-refractivity contribution is -0.115. The minimum Gasteiger partial charge on any atom is -0.495 e. The Kier molecular flexibility index (Phi) is 3.77. The Balaban J connectivity index is 1.92. The van der Waals surface area contributed by atoms with E-state index >= 15 is 0 Å². The molecule has 1 aliphatic rings. The number of ether oxygens (including phenoxy) is 1. The maximum Gasteiger partial charge on any atom is 0.275 e. The van der Waals surface area contributed by atoms with Gasteiger partial charge in [-0.25, -0.2) is 4.99 Å². The zero-order valence-corrected chi connectivity index (χ0v) is 12.7. The Morgan fingerprint density at radius 3 is 2.90 bits per heavy atom. The molecule has 0 unspecified atom stereocenters. The molecule has 2 heterocycles. The van der Waals surface area contributed by atoms with Crippen molar-refractivity contribution in [2.45, 2.75) is 0 Å². The highest BCUT2D eigenvalue weighted by Gasteiger charge is 2.21. The maximum atomic E-state index is 11.9. The summed E-state index contributed by atoms with van der Waals surface area (Å²) in [5.74, 6) is 0.962. The van der Waals surface area contributed by atoms with Gasteiger partial charge in [-0.3, -0.25) is 4.79 Å². The molecule has 21 heavy (non-hydrogen) atoms. The summed E-state index contributed by atoms with van der Waals surface area (Å²) in [6.07, 6.45) is 1.70. The van der Waals surface area contributed by atoms with E-state index in [4.69, 9.17) is 16.3 Å². The van der Waals surface area contributed by atoms with Gasteiger partial charge in [0.1, 0.15) is 11.4 Å². The van der Waals surface area contributed by atoms with Gasteiger partial charge in [0, 0.05) is 0 Å². The van der Waals surface area contributed by atoms with Crippen LogP contribution in [0, 0.1) is 0 Å². The number of rotatable bonds is 3. The van der Waals surface area contributed by atoms with Gasteiger partial charge in [-0.05, 0) is 35.2 Å². The van der Waals surface area contributed by atoms with Crippen LogP contribution < -0.4 is 10.1 Å². The van der Waals surface area contributed by atoms with E-state index in [1.54, 1.807) is 25.3 Å². The quantitative estimate of drug-likeness (QED) is 0.883. The summed E-state index contributed by atoms with van der Waals surface area (Å²) in [5, 5.41) is 5.19. The molecule has 0 aliphatic carbocycles. The van der Waals surface area contributed by atoms with Crippen LogP contribution in [0.4, 0.5) is 0 Å². The SMILES string of the molecule is COc1ccc(/C=C2/N=C(c3cccs3)NC2=O)cc1Cl. The molecule has 2 aromatic rings. The van der Waals surface area contributed by atoms with Crippen molar-refractivity contribution in [3.8, 4) is 5.75 Å². The molecule has 3 rings (SSSR count). The number of amidine groups is 1. The lowest BCUT2D eigenvalue weighted by atomic mass is 10.2. The average Bonchev–Trinajstić information content (AvgIpc) is 3.10. The van der Waals surface area contributed by atoms with Gasteiger partial charge in [-0.15, -0.1) is 11.3 Å². The second-order valence-corrected chi connectivity index (χ2v) is 5.67. The van der Waals surface area contributed by atoms with Gasteiger partial charge in [0.2, 0.25) is 0 Å². The summed E-state index contributed by atoms with van der Waals surface area (Å²) in [6.45, 7) is 0. The Hall–Kier alpha value is -2.11. The normalized spacial score (nSPS) is 16.0. The highest BCUT2D eigenvalue weighted by Crippen LogP contribution is 2.26. The van der Waals surface area contributed by atoms with Crippen LogP contribution in [0.15, 0.2) is 46.4 Å². The van der Waals surface area contributed by atoms with Crippen molar-refractivity contribution in [1.29, 1.82) is 0 Å². The summed E-state index contributed by atoms with van der Waals surface area (Å²) in [4.78, 5) is 17.2. The van der Waals surface area contributed by atoms with Crippen molar-refractivity contribution in [2.24, 2.45) is 4.99 Å². The topological polar surface area (TPSA) is 50.7 Å². The zero-order chi connectivity index (χ0) is 14.8. The van der Waals surface area contributed by atoms with Gasteiger partial charge in [0.15, 0.2) is 5.84 Å². The Morgan fingerprint density at radius 1 is 1.38 bits per heavy atom. The summed E-state index contributed by atoms with van der Waals surface area (Å²) < 4.78 is 5.10. The van der Waals surface area contributed by atoms with Crippen LogP contribution in [-0.2, 0) is 4.79 Å². The number of carbonyl (C=O) groups excluding carboxylic acids is 1. The second-order valence-electron chi connectivity index (χ2n) is 4.32. The molecule has 4 nitrogen and oxygen atoms in total. The monoisotopic (exact) mass is 318 g/mol. The molecule has 6 heteroatoms. The van der Waals surface area contributed by atoms with Crippen LogP contribution in [0.25, 0.3) is 6.08 Å². The molecule has 0 saturated carbocycles. The van der Waals surface area contributed by atoms with Crippen LogP contribution in [0.1, 0.15) is 10.4 Å². The largest absolute Gasteiger partial charge is 0.495 e. The van der Waals surface area contributed by atoms with Crippen LogP contribution in [0.5, 0.6) is 5.75 Å². The fourth-order valence-corrected chi connectivity index (χ4v) is 2.86. The van der Waals surface area contributed by atoms with Gasteiger partial charge in [0.05, 0.1) is 17.0 Å². The molecule has 1 aliphatic heterocycles. The smallest absolute Gasteiger partial charge is 0.275 e. The molecule has 0 atom stereocenters. The number of benzene rings is 1. The molecule has 0 saturated heterocycles. The number of hydrogen-bond acceptors (Lipinski definition) is 4. The van der Waals surface area contributed by atoms with Gasteiger partial charge >= 0.3 is 0 Å². The number of halogens is 1. The highest BCUT2D eigenvalue weighted by atomic mass is 35.5. The Bertz CT molecular complexity index is 751. The first kappa shape index (κ1) is 13.9. The first-order valence-corrected chi connectivity index (χ1v) is 7.42. The van der Waals surface area contributed by atoms with Crippen molar-refractivity contribution in [1.82, 2.24) is 5.32 Å². The number of nitrogens with one attached hydrogen (secondary N) is 1. The third-order valence-corrected chi connectivity index (χ3v) is 4.10. The van der Waals surface area contributed by atoms with Crippen molar-refractivity contribution in [2.75, 3.05) is 7.11 Å². The van der Waals surface area contributed by atoms with Gasteiger partial charge in [-0.1, -0.05) is 23.7 Å². The summed E-state index contributed by atoms with van der Waals surface area (Å²) >= 11 is 7.60. The molecule has 1 aromatic heterocycles. The van der Waals surface area contributed by atoms with Crippen molar-refractivity contribution in [3.05, 3.63) is 56.9 Å². The zero-order valence-electron chi connectivity index (χ0n) is 11.1. The van der Waals surface area contributed by atoms with Crippen LogP contribution in [0.2, 0.25) is 5.02 Å². The minimum atomic E-state index is -0.217. The molecule has 1 aromatic carbocycles. The number of nitrogens with zero attached hydrogens (tertiary/aromatic N) is 1. The molecular weight excluding hydrogens is 308 g/mol. The minimum absolute atomic E-state index is 0.217. The molecule has 0 spiro atoms. The van der Waals surface area contributed by atoms with E-state index in [0.29, 0.717) is 22.3 Å². The number of aliphatic imine (C=N–C) groups is 1. The predicted molar refractivity (Wildman–Crippen MR) is 85.0 cm³/mol. The highest BCUT2D eigenvalue weighted by molar-refractivity contribution is 7.12. The third-order valence-electron chi connectivity index (χ3n) is 2.93. The van der Waals surface area contributed by atoms with Crippen molar-refractivity contribution in [3.63, 3.8) is 0 Å². The van der Waals surface area contributed by atoms with E-state index in [-0.39, 0.29) is 5.91 Å². The summed E-state index contributed by atoms with van der Waals surface area (Å²) in [6, 6.07) is 9.14. The average molecular weight is 319 g/mol. The van der Waals surface area contributed by atoms with Crippen LogP contribution in [0.3, 0.4) is 0 Å². The van der Waals surface area contributed by atoms with E-state index in [1.807, 2.05) is 23.6 Å². The number of amides is 1.